The molecule has 136 valence electrons. The maximum atomic E-state index is 12.2. The van der Waals surface area contributed by atoms with Gasteiger partial charge in [-0.05, 0) is 51.0 Å². The molecule has 5 nitrogen and oxygen atoms in total. The summed E-state index contributed by atoms with van der Waals surface area (Å²) in [4.78, 5) is 13.5. The molecule has 1 amide bonds. The van der Waals surface area contributed by atoms with E-state index < -0.39 is 17.8 Å². The predicted octanol–water partition coefficient (Wildman–Crippen LogP) is 3.54. The second-order valence-electron chi connectivity index (χ2n) is 6.69. The summed E-state index contributed by atoms with van der Waals surface area (Å²) in [6.45, 7) is 7.20. The molecule has 0 fully saturated rings. The minimum absolute atomic E-state index is 0.0734. The monoisotopic (exact) mass is 421 g/mol. The number of carbonyl (C=O) groups excluding carboxylic acids is 1. The van der Waals surface area contributed by atoms with Gasteiger partial charge in [0, 0.05) is 22.5 Å². The Morgan fingerprint density at radius 3 is 2.54 bits per heavy atom. The number of rotatable bonds is 6. The molecular formula is C17H25BrClNO4. The van der Waals surface area contributed by atoms with Gasteiger partial charge < -0.3 is 19.8 Å². The van der Waals surface area contributed by atoms with E-state index in [4.69, 9.17) is 21.4 Å². The molecule has 24 heavy (non-hydrogen) atoms. The van der Waals surface area contributed by atoms with Crippen LogP contribution in [0.1, 0.15) is 31.9 Å². The highest BCUT2D eigenvalue weighted by molar-refractivity contribution is 9.10. The molecule has 0 saturated carbocycles. The van der Waals surface area contributed by atoms with Crippen molar-refractivity contribution in [1.29, 1.82) is 0 Å². The lowest BCUT2D eigenvalue weighted by Gasteiger charge is -2.28. The van der Waals surface area contributed by atoms with Crippen molar-refractivity contribution in [2.75, 3.05) is 19.7 Å². The predicted molar refractivity (Wildman–Crippen MR) is 98.5 cm³/mol. The van der Waals surface area contributed by atoms with Crippen LogP contribution in [0.15, 0.2) is 16.6 Å². The molecule has 0 radical (unpaired) electrons. The molecule has 1 rings (SSSR count). The van der Waals surface area contributed by atoms with Gasteiger partial charge >= 0.3 is 6.09 Å². The molecule has 1 atom stereocenters. The van der Waals surface area contributed by atoms with Crippen LogP contribution in [0.3, 0.4) is 0 Å². The average Bonchev–Trinajstić information content (AvgIpc) is 2.40. The Morgan fingerprint density at radius 1 is 1.42 bits per heavy atom. The summed E-state index contributed by atoms with van der Waals surface area (Å²) >= 11 is 9.45. The van der Waals surface area contributed by atoms with Crippen molar-refractivity contribution in [3.63, 3.8) is 0 Å². The van der Waals surface area contributed by atoms with Gasteiger partial charge in [-0.15, -0.1) is 0 Å². The van der Waals surface area contributed by atoms with Crippen LogP contribution in [0.25, 0.3) is 0 Å². The maximum absolute atomic E-state index is 12.2. The molecule has 0 spiro atoms. The first kappa shape index (κ1) is 21.2. The summed E-state index contributed by atoms with van der Waals surface area (Å²) < 4.78 is 6.12. The molecule has 7 heteroatoms. The average molecular weight is 423 g/mol. The maximum Gasteiger partial charge on any atom is 0.410 e. The quantitative estimate of drug-likeness (QED) is 0.735. The zero-order chi connectivity index (χ0) is 18.5. The summed E-state index contributed by atoms with van der Waals surface area (Å²) in [7, 11) is 0. The number of aryl methyl sites for hydroxylation is 1. The summed E-state index contributed by atoms with van der Waals surface area (Å²) in [5, 5.41) is 20.2. The van der Waals surface area contributed by atoms with Gasteiger partial charge in [0.25, 0.3) is 0 Å². The summed E-state index contributed by atoms with van der Waals surface area (Å²) in [6.07, 6.45) is -0.989. The molecule has 0 bridgehead atoms. The van der Waals surface area contributed by atoms with E-state index in [0.29, 0.717) is 11.4 Å². The van der Waals surface area contributed by atoms with Gasteiger partial charge in [0.05, 0.1) is 19.3 Å². The fraction of sp³-hybridized carbons (Fsp3) is 0.588. The minimum Gasteiger partial charge on any atom is -0.444 e. The van der Waals surface area contributed by atoms with E-state index in [0.717, 1.165) is 15.6 Å². The van der Waals surface area contributed by atoms with Crippen LogP contribution >= 0.6 is 27.5 Å². The third kappa shape index (κ3) is 6.97. The second-order valence-corrected chi connectivity index (χ2v) is 7.98. The molecule has 0 aliphatic carbocycles. The van der Waals surface area contributed by atoms with Crippen molar-refractivity contribution in [2.45, 2.75) is 45.8 Å². The van der Waals surface area contributed by atoms with Crippen LogP contribution in [0.2, 0.25) is 5.02 Å². The lowest BCUT2D eigenvalue weighted by Crippen LogP contribution is -2.43. The minimum atomic E-state index is -0.791. The molecule has 0 saturated heterocycles. The molecule has 0 aromatic heterocycles. The zero-order valence-corrected chi connectivity index (χ0v) is 16.8. The Hall–Kier alpha value is -0.820. The normalized spacial score (nSPS) is 12.8. The van der Waals surface area contributed by atoms with Crippen molar-refractivity contribution in [2.24, 2.45) is 0 Å². The molecule has 1 aromatic rings. The van der Waals surface area contributed by atoms with Crippen molar-refractivity contribution in [3.8, 4) is 0 Å². The number of aliphatic hydroxyl groups excluding tert-OH is 2. The standard InChI is InChI=1S/C17H25BrClNO4/c1-11-7-12(19)8-15(18)14(11)9-13(22)10-20(5-6-21)16(23)24-17(2,3)4/h7-8,13,21-22H,5-6,9-10H2,1-4H3. The lowest BCUT2D eigenvalue weighted by atomic mass is 10.0. The molecule has 0 aliphatic rings. The summed E-state index contributed by atoms with van der Waals surface area (Å²) in [5.41, 5.74) is 1.25. The SMILES string of the molecule is Cc1cc(Cl)cc(Br)c1CC(O)CN(CCO)C(=O)OC(C)(C)C. The Morgan fingerprint density at radius 2 is 2.04 bits per heavy atom. The van der Waals surface area contributed by atoms with Gasteiger partial charge in [-0.25, -0.2) is 4.79 Å². The number of halogens is 2. The third-order valence-electron chi connectivity index (χ3n) is 3.28. The van der Waals surface area contributed by atoms with Crippen molar-refractivity contribution >= 4 is 33.6 Å². The summed E-state index contributed by atoms with van der Waals surface area (Å²) in [6, 6.07) is 3.60. The Bertz CT molecular complexity index is 551. The fourth-order valence-corrected chi connectivity index (χ4v) is 3.38. The van der Waals surface area contributed by atoms with Gasteiger partial charge in [-0.2, -0.15) is 0 Å². The first-order chi connectivity index (χ1) is 11.0. The number of aliphatic hydroxyl groups is 2. The van der Waals surface area contributed by atoms with E-state index in [9.17, 15) is 9.90 Å². The van der Waals surface area contributed by atoms with Crippen LogP contribution in [-0.2, 0) is 11.2 Å². The highest BCUT2D eigenvalue weighted by Gasteiger charge is 2.24. The molecule has 0 aliphatic heterocycles. The van der Waals surface area contributed by atoms with Gasteiger partial charge in [0.2, 0.25) is 0 Å². The number of nitrogens with zero attached hydrogens (tertiary/aromatic N) is 1. The molecule has 2 N–H and O–H groups in total. The van der Waals surface area contributed by atoms with E-state index in [2.05, 4.69) is 15.9 Å². The summed E-state index contributed by atoms with van der Waals surface area (Å²) in [5.74, 6) is 0. The van der Waals surface area contributed by atoms with Crippen molar-refractivity contribution in [1.82, 2.24) is 4.90 Å². The van der Waals surface area contributed by atoms with Gasteiger partial charge in [0.15, 0.2) is 0 Å². The first-order valence-electron chi connectivity index (χ1n) is 7.75. The zero-order valence-electron chi connectivity index (χ0n) is 14.5. The van der Waals surface area contributed by atoms with Crippen LogP contribution in [0.5, 0.6) is 0 Å². The smallest absolute Gasteiger partial charge is 0.410 e. The van der Waals surface area contributed by atoms with E-state index >= 15 is 0 Å². The van der Waals surface area contributed by atoms with Gasteiger partial charge in [-0.3, -0.25) is 0 Å². The van der Waals surface area contributed by atoms with E-state index in [1.165, 1.54) is 4.90 Å². The van der Waals surface area contributed by atoms with E-state index in [1.54, 1.807) is 26.8 Å². The molecular weight excluding hydrogens is 398 g/mol. The van der Waals surface area contributed by atoms with E-state index in [-0.39, 0.29) is 19.7 Å². The topological polar surface area (TPSA) is 70.0 Å². The van der Waals surface area contributed by atoms with Crippen LogP contribution in [0.4, 0.5) is 4.79 Å². The third-order valence-corrected chi connectivity index (χ3v) is 4.20. The van der Waals surface area contributed by atoms with Crippen molar-refractivity contribution in [3.05, 3.63) is 32.8 Å². The Balaban J connectivity index is 2.79. The van der Waals surface area contributed by atoms with Crippen LogP contribution in [-0.4, -0.2) is 52.6 Å². The number of ether oxygens (including phenoxy) is 1. The highest BCUT2D eigenvalue weighted by atomic mass is 79.9. The number of carbonyl (C=O) groups is 1. The molecule has 0 heterocycles. The number of benzene rings is 1. The lowest BCUT2D eigenvalue weighted by molar-refractivity contribution is 0.0111. The van der Waals surface area contributed by atoms with Crippen molar-refractivity contribution < 1.29 is 19.7 Å². The fourth-order valence-electron chi connectivity index (χ4n) is 2.25. The molecule has 1 aromatic carbocycles. The number of hydrogen-bond donors (Lipinski definition) is 2. The Kier molecular flexibility index (Phi) is 7.99. The number of hydrogen-bond acceptors (Lipinski definition) is 4. The molecule has 1 unspecified atom stereocenters. The number of amides is 1. The Labute approximate surface area is 156 Å². The second kappa shape index (κ2) is 9.04. The van der Waals surface area contributed by atoms with Crippen LogP contribution in [0, 0.1) is 6.92 Å². The van der Waals surface area contributed by atoms with E-state index in [1.807, 2.05) is 13.0 Å². The largest absolute Gasteiger partial charge is 0.444 e. The highest BCUT2D eigenvalue weighted by Crippen LogP contribution is 2.26. The van der Waals surface area contributed by atoms with Gasteiger partial charge in [-0.1, -0.05) is 27.5 Å². The van der Waals surface area contributed by atoms with Crippen LogP contribution < -0.4 is 0 Å². The first-order valence-corrected chi connectivity index (χ1v) is 8.92. The van der Waals surface area contributed by atoms with Gasteiger partial charge in [0.1, 0.15) is 5.60 Å².